The van der Waals surface area contributed by atoms with Crippen LogP contribution in [0.5, 0.6) is 17.2 Å². The average molecular weight is 636 g/mol. The lowest BCUT2D eigenvalue weighted by Crippen LogP contribution is -2.37. The van der Waals surface area contributed by atoms with Crippen molar-refractivity contribution in [3.63, 3.8) is 0 Å². The summed E-state index contributed by atoms with van der Waals surface area (Å²) < 4.78 is 36.8. The zero-order valence-corrected chi connectivity index (χ0v) is 26.0. The van der Waals surface area contributed by atoms with Gasteiger partial charge in [0.2, 0.25) is 5.91 Å². The fourth-order valence-corrected chi connectivity index (χ4v) is 5.26. The second-order valence-electron chi connectivity index (χ2n) is 10.3. The van der Waals surface area contributed by atoms with E-state index in [4.69, 9.17) is 30.5 Å². The van der Waals surface area contributed by atoms with Gasteiger partial charge in [0.1, 0.15) is 23.7 Å². The van der Waals surface area contributed by atoms with E-state index in [0.717, 1.165) is 44.8 Å². The molecule has 0 unspecified atom stereocenters. The lowest BCUT2D eigenvalue weighted by molar-refractivity contribution is -0.111. The molecule has 1 N–H and O–H groups in total. The number of hydrogen-bond acceptors (Lipinski definition) is 9. The van der Waals surface area contributed by atoms with Gasteiger partial charge < -0.3 is 29.2 Å². The van der Waals surface area contributed by atoms with Gasteiger partial charge in [0.05, 0.1) is 50.3 Å². The first-order valence-electron chi connectivity index (χ1n) is 14.5. The molecule has 0 saturated carbocycles. The number of halogens is 2. The van der Waals surface area contributed by atoms with E-state index in [2.05, 4.69) is 26.8 Å². The van der Waals surface area contributed by atoms with Crippen molar-refractivity contribution in [1.29, 1.82) is 0 Å². The number of carbonyl (C=O) groups excluding carboxylic acids is 1. The highest BCUT2D eigenvalue weighted by molar-refractivity contribution is 6.31. The highest BCUT2D eigenvalue weighted by Gasteiger charge is 2.20. The number of morpholine rings is 1. The molecule has 1 aromatic heterocycles. The number of amides is 1. The van der Waals surface area contributed by atoms with E-state index >= 15 is 0 Å². The van der Waals surface area contributed by atoms with Crippen LogP contribution in [0.3, 0.4) is 0 Å². The van der Waals surface area contributed by atoms with Crippen molar-refractivity contribution in [2.45, 2.75) is 13.0 Å². The van der Waals surface area contributed by atoms with E-state index < -0.39 is 11.7 Å². The Bertz CT molecular complexity index is 1670. The summed E-state index contributed by atoms with van der Waals surface area (Å²) in [6, 6.07) is 13.6. The Hall–Kier alpha value is -4.45. The molecule has 10 nitrogen and oxygen atoms in total. The average Bonchev–Trinajstić information content (AvgIpc) is 3.07. The Kier molecular flexibility index (Phi) is 10.7. The van der Waals surface area contributed by atoms with Gasteiger partial charge in [0, 0.05) is 43.3 Å². The Labute approximate surface area is 266 Å². The van der Waals surface area contributed by atoms with Gasteiger partial charge >= 0.3 is 0 Å². The lowest BCUT2D eigenvalue weighted by atomic mass is 10.1. The second kappa shape index (κ2) is 15.0. The predicted octanol–water partition coefficient (Wildman–Crippen LogP) is 6.00. The maximum absolute atomic E-state index is 14.2. The van der Waals surface area contributed by atoms with E-state index in [1.807, 2.05) is 23.1 Å². The van der Waals surface area contributed by atoms with E-state index in [9.17, 15) is 9.18 Å². The van der Waals surface area contributed by atoms with E-state index in [1.54, 1.807) is 32.4 Å². The largest absolute Gasteiger partial charge is 0.493 e. The first kappa shape index (κ1) is 32.0. The number of methoxy groups -OCH3 is 2. The molecule has 5 rings (SSSR count). The van der Waals surface area contributed by atoms with Gasteiger partial charge in [-0.2, -0.15) is 0 Å². The van der Waals surface area contributed by atoms with E-state index in [-0.39, 0.29) is 5.02 Å². The van der Waals surface area contributed by atoms with E-state index in [0.29, 0.717) is 58.5 Å². The number of nitrogens with zero attached hydrogens (tertiary/aromatic N) is 4. The molecular formula is C33H35ClFN5O5. The van der Waals surface area contributed by atoms with Crippen molar-refractivity contribution in [3.8, 4) is 17.2 Å². The van der Waals surface area contributed by atoms with Crippen molar-refractivity contribution in [3.05, 3.63) is 83.9 Å². The number of carbonyl (C=O) groups is 1. The fourth-order valence-electron chi connectivity index (χ4n) is 5.08. The molecule has 2 heterocycles. The van der Waals surface area contributed by atoms with Crippen LogP contribution in [0.15, 0.2) is 67.5 Å². The van der Waals surface area contributed by atoms with Gasteiger partial charge in [0.15, 0.2) is 11.5 Å². The Morgan fingerprint density at radius 2 is 1.89 bits per heavy atom. The second-order valence-corrected chi connectivity index (χ2v) is 10.7. The summed E-state index contributed by atoms with van der Waals surface area (Å²) in [6.45, 7) is 8.48. The van der Waals surface area contributed by atoms with Crippen LogP contribution in [-0.4, -0.2) is 74.4 Å². The zero-order valence-electron chi connectivity index (χ0n) is 25.2. The summed E-state index contributed by atoms with van der Waals surface area (Å²) in [5.74, 6) is 1.20. The minimum absolute atomic E-state index is 0.0325. The van der Waals surface area contributed by atoms with Gasteiger partial charge in [-0.15, -0.1) is 0 Å². The van der Waals surface area contributed by atoms with Crippen LogP contribution in [0.4, 0.5) is 21.6 Å². The molecule has 1 saturated heterocycles. The van der Waals surface area contributed by atoms with Crippen molar-refractivity contribution in [2.75, 3.05) is 63.9 Å². The number of fused-ring (bicyclic) bond motifs is 1. The molecule has 0 aliphatic carbocycles. The fraction of sp³-hybridized carbons (Fsp3) is 0.303. The van der Waals surface area contributed by atoms with Gasteiger partial charge in [-0.3, -0.25) is 9.69 Å². The van der Waals surface area contributed by atoms with Gasteiger partial charge in [-0.1, -0.05) is 24.2 Å². The molecule has 1 aliphatic rings. The van der Waals surface area contributed by atoms with E-state index in [1.165, 1.54) is 24.5 Å². The van der Waals surface area contributed by atoms with Crippen molar-refractivity contribution >= 4 is 45.6 Å². The summed E-state index contributed by atoms with van der Waals surface area (Å²) in [4.78, 5) is 25.8. The van der Waals surface area contributed by atoms with Crippen molar-refractivity contribution < 1.29 is 28.1 Å². The van der Waals surface area contributed by atoms with Crippen LogP contribution in [0, 0.1) is 5.82 Å². The van der Waals surface area contributed by atoms with Gasteiger partial charge in [-0.05, 0) is 54.5 Å². The summed E-state index contributed by atoms with van der Waals surface area (Å²) in [5, 5.41) is 3.45. The summed E-state index contributed by atoms with van der Waals surface area (Å²) in [7, 11) is 3.14. The maximum atomic E-state index is 14.2. The molecule has 0 bridgehead atoms. The number of nitrogens with one attached hydrogen (secondary N) is 1. The minimum atomic E-state index is -0.538. The van der Waals surface area contributed by atoms with Crippen molar-refractivity contribution in [2.24, 2.45) is 0 Å². The van der Waals surface area contributed by atoms with Crippen LogP contribution in [0.25, 0.3) is 10.9 Å². The number of aromatic nitrogens is 2. The molecule has 0 atom stereocenters. The minimum Gasteiger partial charge on any atom is -0.493 e. The lowest BCUT2D eigenvalue weighted by Gasteiger charge is -2.27. The smallest absolute Gasteiger partial charge is 0.247 e. The maximum Gasteiger partial charge on any atom is 0.247 e. The van der Waals surface area contributed by atoms with Crippen LogP contribution in [-0.2, 0) is 16.1 Å². The Balaban J connectivity index is 1.53. The number of benzene rings is 3. The van der Waals surface area contributed by atoms with Gasteiger partial charge in [-0.25, -0.2) is 14.4 Å². The first-order valence-corrected chi connectivity index (χ1v) is 14.9. The third kappa shape index (κ3) is 7.80. The Morgan fingerprint density at radius 3 is 2.62 bits per heavy atom. The molecular weight excluding hydrogens is 601 g/mol. The number of anilines is 3. The first-order chi connectivity index (χ1) is 21.9. The topological polar surface area (TPSA) is 98.3 Å². The molecule has 1 fully saturated rings. The molecule has 4 aromatic rings. The highest BCUT2D eigenvalue weighted by atomic mass is 35.5. The molecule has 236 valence electrons. The molecule has 12 heteroatoms. The molecule has 3 aromatic carbocycles. The van der Waals surface area contributed by atoms with Crippen molar-refractivity contribution in [1.82, 2.24) is 14.9 Å². The normalized spacial score (nSPS) is 13.3. The number of hydrogen-bond donors (Lipinski definition) is 1. The quantitative estimate of drug-likeness (QED) is 0.140. The third-order valence-corrected chi connectivity index (χ3v) is 7.69. The van der Waals surface area contributed by atoms with Crippen LogP contribution >= 0.6 is 11.6 Å². The SMILES string of the molecule is C=CC(=O)Nc1cc2c(N(Cc3ccc(OC)c(OC)c3)c3ccc(F)c(Cl)c3)ncnc2cc1OCCCN1CCOCC1. The standard InChI is InChI=1S/C33H35ClFN5O5/c1-4-32(41)38-28-18-24-27(19-30(28)45-13-5-10-39-11-14-44-15-12-39)36-21-37-33(24)40(23-7-8-26(35)25(34)17-23)20-22-6-9-29(42-2)31(16-22)43-3/h4,6-9,16-19,21H,1,5,10-15,20H2,2-3H3,(H,38,41). The Morgan fingerprint density at radius 1 is 1.09 bits per heavy atom. The van der Waals surface area contributed by atoms with Gasteiger partial charge in [0.25, 0.3) is 0 Å². The molecule has 1 amide bonds. The summed E-state index contributed by atoms with van der Waals surface area (Å²) in [5.41, 5.74) is 2.49. The monoisotopic (exact) mass is 635 g/mol. The van der Waals surface area contributed by atoms with Crippen LogP contribution < -0.4 is 24.4 Å². The van der Waals surface area contributed by atoms with Crippen LogP contribution in [0.2, 0.25) is 5.02 Å². The summed E-state index contributed by atoms with van der Waals surface area (Å²) >= 11 is 6.23. The number of ether oxygens (including phenoxy) is 4. The summed E-state index contributed by atoms with van der Waals surface area (Å²) in [6.07, 6.45) is 3.44. The molecule has 0 spiro atoms. The molecule has 45 heavy (non-hydrogen) atoms. The zero-order chi connectivity index (χ0) is 31.8. The highest BCUT2D eigenvalue weighted by Crippen LogP contribution is 2.38. The predicted molar refractivity (Wildman–Crippen MR) is 173 cm³/mol. The third-order valence-electron chi connectivity index (χ3n) is 7.40. The number of rotatable bonds is 13. The molecule has 0 radical (unpaired) electrons. The van der Waals surface area contributed by atoms with Crippen LogP contribution in [0.1, 0.15) is 12.0 Å². The molecule has 1 aliphatic heterocycles.